The third kappa shape index (κ3) is 2.13. The molecule has 0 saturated heterocycles. The van der Waals surface area contributed by atoms with Gasteiger partial charge in [0.15, 0.2) is 0 Å². The number of fused-ring (bicyclic) bond motifs is 2. The van der Waals surface area contributed by atoms with Gasteiger partial charge in [-0.2, -0.15) is 0 Å². The van der Waals surface area contributed by atoms with Gasteiger partial charge in [0, 0.05) is 6.04 Å². The highest BCUT2D eigenvalue weighted by Gasteiger charge is 2.47. The number of nitrogens with one attached hydrogen (secondary N) is 1. The maximum atomic E-state index is 5.85. The van der Waals surface area contributed by atoms with Gasteiger partial charge in [-0.15, -0.1) is 0 Å². The zero-order chi connectivity index (χ0) is 13.5. The third-order valence-electron chi connectivity index (χ3n) is 5.38. The Morgan fingerprint density at radius 3 is 2.55 bits per heavy atom. The van der Waals surface area contributed by atoms with E-state index in [1.54, 1.807) is 0 Å². The minimum absolute atomic E-state index is 0.425. The second kappa shape index (κ2) is 4.87. The molecule has 0 heterocycles. The summed E-state index contributed by atoms with van der Waals surface area (Å²) >= 11 is 0. The Bertz CT molecular complexity index is 606. The summed E-state index contributed by atoms with van der Waals surface area (Å²) in [6.45, 7) is 0. The first-order chi connectivity index (χ1) is 9.85. The number of benzene rings is 2. The van der Waals surface area contributed by atoms with E-state index in [4.69, 9.17) is 5.84 Å². The van der Waals surface area contributed by atoms with Gasteiger partial charge in [-0.1, -0.05) is 42.5 Å². The lowest BCUT2D eigenvalue weighted by molar-refractivity contribution is 0.336. The highest BCUT2D eigenvalue weighted by Crippen LogP contribution is 2.55. The Hall–Kier alpha value is -1.38. The van der Waals surface area contributed by atoms with Crippen LogP contribution in [0.3, 0.4) is 0 Å². The largest absolute Gasteiger partial charge is 0.271 e. The van der Waals surface area contributed by atoms with Gasteiger partial charge in [-0.25, -0.2) is 0 Å². The number of hydrogen-bond acceptors (Lipinski definition) is 2. The minimum Gasteiger partial charge on any atom is -0.271 e. The van der Waals surface area contributed by atoms with Gasteiger partial charge in [0.1, 0.15) is 0 Å². The van der Waals surface area contributed by atoms with Gasteiger partial charge in [-0.05, 0) is 59.8 Å². The van der Waals surface area contributed by atoms with Crippen molar-refractivity contribution in [3.05, 3.63) is 48.0 Å². The van der Waals surface area contributed by atoms with Crippen molar-refractivity contribution in [2.75, 3.05) is 0 Å². The maximum Gasteiger partial charge on any atom is 0.0279 e. The Morgan fingerprint density at radius 1 is 1.00 bits per heavy atom. The van der Waals surface area contributed by atoms with E-state index >= 15 is 0 Å². The maximum absolute atomic E-state index is 5.85. The molecule has 4 rings (SSSR count). The Balaban J connectivity index is 1.59. The molecular formula is C18H22N2. The molecule has 104 valence electrons. The predicted molar refractivity (Wildman–Crippen MR) is 83.1 cm³/mol. The van der Waals surface area contributed by atoms with Crippen LogP contribution in [-0.4, -0.2) is 6.04 Å². The topological polar surface area (TPSA) is 38.0 Å². The molecule has 3 N–H and O–H groups in total. The van der Waals surface area contributed by atoms with E-state index in [1.807, 2.05) is 0 Å². The van der Waals surface area contributed by atoms with Gasteiger partial charge in [-0.3, -0.25) is 11.3 Å². The first-order valence-electron chi connectivity index (χ1n) is 7.78. The average molecular weight is 266 g/mol. The van der Waals surface area contributed by atoms with Crippen molar-refractivity contribution in [2.24, 2.45) is 23.6 Å². The van der Waals surface area contributed by atoms with Crippen molar-refractivity contribution in [3.8, 4) is 0 Å². The molecule has 0 amide bonds. The molecule has 0 spiro atoms. The van der Waals surface area contributed by atoms with Crippen molar-refractivity contribution < 1.29 is 0 Å². The standard InChI is InChI=1S/C18H22N2/c19-20-18(16-9-14-8-15(14)10-16)11-13-6-3-5-12-4-1-2-7-17(12)13/h1-7,14-16,18,20H,8-11,19H2. The fourth-order valence-corrected chi connectivity index (χ4v) is 4.16. The highest BCUT2D eigenvalue weighted by atomic mass is 15.2. The summed E-state index contributed by atoms with van der Waals surface area (Å²) in [6.07, 6.45) is 5.28. The first kappa shape index (κ1) is 12.4. The van der Waals surface area contributed by atoms with Crippen LogP contribution in [-0.2, 0) is 6.42 Å². The van der Waals surface area contributed by atoms with Gasteiger partial charge < -0.3 is 0 Å². The van der Waals surface area contributed by atoms with Crippen LogP contribution in [0.15, 0.2) is 42.5 Å². The molecule has 0 bridgehead atoms. The lowest BCUT2D eigenvalue weighted by Gasteiger charge is -2.24. The zero-order valence-electron chi connectivity index (χ0n) is 11.8. The van der Waals surface area contributed by atoms with Crippen LogP contribution in [0.4, 0.5) is 0 Å². The quantitative estimate of drug-likeness (QED) is 0.658. The molecule has 2 saturated carbocycles. The molecule has 2 nitrogen and oxygen atoms in total. The first-order valence-corrected chi connectivity index (χ1v) is 7.78. The van der Waals surface area contributed by atoms with Crippen LogP contribution in [0.1, 0.15) is 24.8 Å². The summed E-state index contributed by atoms with van der Waals surface area (Å²) in [6, 6.07) is 15.7. The lowest BCUT2D eigenvalue weighted by Crippen LogP contribution is -2.42. The Morgan fingerprint density at radius 2 is 1.75 bits per heavy atom. The second-order valence-corrected chi connectivity index (χ2v) is 6.60. The number of hydrogen-bond donors (Lipinski definition) is 2. The van der Waals surface area contributed by atoms with Gasteiger partial charge in [0.25, 0.3) is 0 Å². The smallest absolute Gasteiger partial charge is 0.0279 e. The monoisotopic (exact) mass is 266 g/mol. The van der Waals surface area contributed by atoms with E-state index in [9.17, 15) is 0 Å². The molecule has 3 unspecified atom stereocenters. The predicted octanol–water partition coefficient (Wildman–Crippen LogP) is 3.26. The van der Waals surface area contributed by atoms with Crippen molar-refractivity contribution in [1.82, 2.24) is 5.43 Å². The van der Waals surface area contributed by atoms with Crippen molar-refractivity contribution in [1.29, 1.82) is 0 Å². The molecule has 3 atom stereocenters. The Kier molecular flexibility index (Phi) is 3.01. The van der Waals surface area contributed by atoms with Crippen LogP contribution < -0.4 is 11.3 Å². The minimum atomic E-state index is 0.425. The number of nitrogens with two attached hydrogens (primary N) is 1. The fraction of sp³-hybridized carbons (Fsp3) is 0.444. The van der Waals surface area contributed by atoms with Crippen LogP contribution in [0, 0.1) is 17.8 Å². The van der Waals surface area contributed by atoms with Gasteiger partial charge >= 0.3 is 0 Å². The summed E-state index contributed by atoms with van der Waals surface area (Å²) in [5.74, 6) is 8.66. The molecule has 2 aliphatic carbocycles. The van der Waals surface area contributed by atoms with E-state index in [1.165, 1.54) is 35.6 Å². The summed E-state index contributed by atoms with van der Waals surface area (Å²) in [4.78, 5) is 0. The van der Waals surface area contributed by atoms with E-state index in [0.717, 1.165) is 24.2 Å². The summed E-state index contributed by atoms with van der Waals surface area (Å²) in [5, 5.41) is 2.70. The molecule has 0 aromatic heterocycles. The molecule has 2 aromatic carbocycles. The van der Waals surface area contributed by atoms with Crippen molar-refractivity contribution in [3.63, 3.8) is 0 Å². The molecule has 0 radical (unpaired) electrons. The van der Waals surface area contributed by atoms with E-state index in [-0.39, 0.29) is 0 Å². The SMILES string of the molecule is NNC(Cc1cccc2ccccc12)C1CC2CC2C1. The number of hydrazine groups is 1. The highest BCUT2D eigenvalue weighted by molar-refractivity contribution is 5.85. The van der Waals surface area contributed by atoms with Crippen LogP contribution >= 0.6 is 0 Å². The number of rotatable bonds is 4. The summed E-state index contributed by atoms with van der Waals surface area (Å²) < 4.78 is 0. The van der Waals surface area contributed by atoms with E-state index < -0.39 is 0 Å². The molecule has 2 heteroatoms. The summed E-state index contributed by atoms with van der Waals surface area (Å²) in [7, 11) is 0. The molecule has 2 aromatic rings. The van der Waals surface area contributed by atoms with Gasteiger partial charge in [0.2, 0.25) is 0 Å². The molecular weight excluding hydrogens is 244 g/mol. The molecule has 20 heavy (non-hydrogen) atoms. The van der Waals surface area contributed by atoms with Crippen molar-refractivity contribution >= 4 is 10.8 Å². The fourth-order valence-electron chi connectivity index (χ4n) is 4.16. The lowest BCUT2D eigenvalue weighted by atomic mass is 9.88. The van der Waals surface area contributed by atoms with Crippen molar-refractivity contribution in [2.45, 2.75) is 31.7 Å². The van der Waals surface area contributed by atoms with E-state index in [0.29, 0.717) is 6.04 Å². The van der Waals surface area contributed by atoms with Gasteiger partial charge in [0.05, 0.1) is 0 Å². The molecule has 0 aliphatic heterocycles. The normalized spacial score (nSPS) is 29.4. The zero-order valence-corrected chi connectivity index (χ0v) is 11.8. The average Bonchev–Trinajstić information content (AvgIpc) is 3.11. The van der Waals surface area contributed by atoms with Crippen LogP contribution in [0.25, 0.3) is 10.8 Å². The van der Waals surface area contributed by atoms with E-state index in [2.05, 4.69) is 47.9 Å². The summed E-state index contributed by atoms with van der Waals surface area (Å²) in [5.41, 5.74) is 4.52. The molecule has 2 fully saturated rings. The third-order valence-corrected chi connectivity index (χ3v) is 5.38. The van der Waals surface area contributed by atoms with Crippen LogP contribution in [0.2, 0.25) is 0 Å². The Labute approximate surface area is 120 Å². The van der Waals surface area contributed by atoms with Crippen LogP contribution in [0.5, 0.6) is 0 Å². The molecule has 2 aliphatic rings. The second-order valence-electron chi connectivity index (χ2n) is 6.60.